The molecular formula is C19H30ClN3O2. The molecule has 0 fully saturated rings. The standard InChI is InChI=1S/C19H30ClN3O2/c1-5-19(6-2,14-7-9-15(20)10-8-14)12-23-16(24)11-22-18(25)17(21)13(3)4/h7-10,13,17H,5-6,11-12,21H2,1-4H3,(H,22,25)(H,23,24)/t17-/m0/s1. The highest BCUT2D eigenvalue weighted by atomic mass is 35.5. The smallest absolute Gasteiger partial charge is 0.239 e. The molecule has 0 spiro atoms. The zero-order valence-electron chi connectivity index (χ0n) is 15.6. The Morgan fingerprint density at radius 1 is 1.12 bits per heavy atom. The van der Waals surface area contributed by atoms with E-state index in [4.69, 9.17) is 17.3 Å². The summed E-state index contributed by atoms with van der Waals surface area (Å²) in [6, 6.07) is 7.14. The summed E-state index contributed by atoms with van der Waals surface area (Å²) < 4.78 is 0. The molecule has 4 N–H and O–H groups in total. The number of halogens is 1. The van der Waals surface area contributed by atoms with Gasteiger partial charge in [-0.25, -0.2) is 0 Å². The maximum Gasteiger partial charge on any atom is 0.239 e. The minimum Gasteiger partial charge on any atom is -0.354 e. The molecule has 0 aliphatic rings. The molecule has 0 radical (unpaired) electrons. The normalized spacial score (nSPS) is 12.8. The van der Waals surface area contributed by atoms with Gasteiger partial charge in [0.15, 0.2) is 0 Å². The predicted molar refractivity (Wildman–Crippen MR) is 103 cm³/mol. The molecule has 1 atom stereocenters. The predicted octanol–water partition coefficient (Wildman–Crippen LogP) is 2.61. The van der Waals surface area contributed by atoms with Crippen LogP contribution >= 0.6 is 11.6 Å². The Balaban J connectivity index is 2.64. The number of hydrogen-bond donors (Lipinski definition) is 3. The van der Waals surface area contributed by atoms with Crippen molar-refractivity contribution in [1.29, 1.82) is 0 Å². The second-order valence-electron chi connectivity index (χ2n) is 6.76. The molecule has 6 heteroatoms. The van der Waals surface area contributed by atoms with Gasteiger partial charge in [-0.3, -0.25) is 9.59 Å². The first-order chi connectivity index (χ1) is 11.8. The molecule has 0 unspecified atom stereocenters. The van der Waals surface area contributed by atoms with Crippen molar-refractivity contribution in [3.63, 3.8) is 0 Å². The molecule has 0 saturated heterocycles. The highest BCUT2D eigenvalue weighted by Crippen LogP contribution is 2.31. The minimum absolute atomic E-state index is 0.0285. The fourth-order valence-electron chi connectivity index (χ4n) is 2.73. The monoisotopic (exact) mass is 367 g/mol. The molecule has 0 bridgehead atoms. The van der Waals surface area contributed by atoms with E-state index in [2.05, 4.69) is 24.5 Å². The molecule has 0 aliphatic heterocycles. The maximum atomic E-state index is 12.1. The first kappa shape index (κ1) is 21.5. The van der Waals surface area contributed by atoms with E-state index in [1.807, 2.05) is 38.1 Å². The fourth-order valence-corrected chi connectivity index (χ4v) is 2.86. The van der Waals surface area contributed by atoms with E-state index < -0.39 is 6.04 Å². The zero-order valence-corrected chi connectivity index (χ0v) is 16.3. The first-order valence-electron chi connectivity index (χ1n) is 8.81. The van der Waals surface area contributed by atoms with Crippen LogP contribution in [-0.2, 0) is 15.0 Å². The molecule has 1 rings (SSSR count). The van der Waals surface area contributed by atoms with Gasteiger partial charge in [-0.05, 0) is 36.5 Å². The van der Waals surface area contributed by atoms with Crippen molar-refractivity contribution >= 4 is 23.4 Å². The van der Waals surface area contributed by atoms with Crippen LogP contribution in [-0.4, -0.2) is 30.9 Å². The van der Waals surface area contributed by atoms with Crippen molar-refractivity contribution in [3.05, 3.63) is 34.9 Å². The van der Waals surface area contributed by atoms with Crippen LogP contribution in [0.15, 0.2) is 24.3 Å². The van der Waals surface area contributed by atoms with Crippen LogP contribution in [0.3, 0.4) is 0 Å². The summed E-state index contributed by atoms with van der Waals surface area (Å²) >= 11 is 5.97. The number of rotatable bonds is 9. The highest BCUT2D eigenvalue weighted by Gasteiger charge is 2.29. The van der Waals surface area contributed by atoms with E-state index in [1.165, 1.54) is 0 Å². The van der Waals surface area contributed by atoms with E-state index in [-0.39, 0.29) is 29.7 Å². The van der Waals surface area contributed by atoms with Crippen LogP contribution in [0, 0.1) is 5.92 Å². The van der Waals surface area contributed by atoms with Gasteiger partial charge in [0, 0.05) is 17.0 Å². The van der Waals surface area contributed by atoms with E-state index in [0.717, 1.165) is 18.4 Å². The fraction of sp³-hybridized carbons (Fsp3) is 0.579. The lowest BCUT2D eigenvalue weighted by Crippen LogP contribution is -2.48. The van der Waals surface area contributed by atoms with Crippen LogP contribution < -0.4 is 16.4 Å². The largest absolute Gasteiger partial charge is 0.354 e. The molecule has 0 aromatic heterocycles. The van der Waals surface area contributed by atoms with Crippen LogP contribution in [0.4, 0.5) is 0 Å². The maximum absolute atomic E-state index is 12.1. The Kier molecular flexibility index (Phi) is 8.39. The number of carbonyl (C=O) groups is 2. The molecule has 140 valence electrons. The van der Waals surface area contributed by atoms with Crippen LogP contribution in [0.1, 0.15) is 46.1 Å². The third-order valence-electron chi connectivity index (χ3n) is 4.88. The molecule has 1 aromatic rings. The Morgan fingerprint density at radius 2 is 1.68 bits per heavy atom. The van der Waals surface area contributed by atoms with Crippen molar-refractivity contribution in [2.75, 3.05) is 13.1 Å². The number of benzene rings is 1. The number of nitrogens with two attached hydrogens (primary N) is 1. The SMILES string of the molecule is CCC(CC)(CNC(=O)CNC(=O)[C@@H](N)C(C)C)c1ccc(Cl)cc1. The summed E-state index contributed by atoms with van der Waals surface area (Å²) in [7, 11) is 0. The third-order valence-corrected chi connectivity index (χ3v) is 5.13. The van der Waals surface area contributed by atoms with Crippen LogP contribution in [0.2, 0.25) is 5.02 Å². The average Bonchev–Trinajstić information content (AvgIpc) is 2.61. The van der Waals surface area contributed by atoms with Gasteiger partial charge in [0.25, 0.3) is 0 Å². The summed E-state index contributed by atoms with van der Waals surface area (Å²) in [4.78, 5) is 23.9. The summed E-state index contributed by atoms with van der Waals surface area (Å²) in [6.07, 6.45) is 1.77. The second kappa shape index (κ2) is 9.78. The lowest BCUT2D eigenvalue weighted by Gasteiger charge is -2.32. The van der Waals surface area contributed by atoms with Crippen molar-refractivity contribution in [1.82, 2.24) is 10.6 Å². The summed E-state index contributed by atoms with van der Waals surface area (Å²) in [5.41, 5.74) is 6.76. The van der Waals surface area contributed by atoms with Crippen LogP contribution in [0.25, 0.3) is 0 Å². The molecule has 2 amide bonds. The Bertz CT molecular complexity index is 569. The molecule has 0 saturated carbocycles. The lowest BCUT2D eigenvalue weighted by molar-refractivity contribution is -0.127. The van der Waals surface area contributed by atoms with Crippen molar-refractivity contribution in [3.8, 4) is 0 Å². The van der Waals surface area contributed by atoms with Crippen LogP contribution in [0.5, 0.6) is 0 Å². The van der Waals surface area contributed by atoms with Gasteiger partial charge in [-0.2, -0.15) is 0 Å². The van der Waals surface area contributed by atoms with Crippen molar-refractivity contribution in [2.45, 2.75) is 52.0 Å². The van der Waals surface area contributed by atoms with Crippen molar-refractivity contribution in [2.24, 2.45) is 11.7 Å². The minimum atomic E-state index is -0.604. The first-order valence-corrected chi connectivity index (χ1v) is 9.19. The van der Waals surface area contributed by atoms with Gasteiger partial charge >= 0.3 is 0 Å². The van der Waals surface area contributed by atoms with Gasteiger partial charge in [0.2, 0.25) is 11.8 Å². The van der Waals surface area contributed by atoms with Crippen molar-refractivity contribution < 1.29 is 9.59 Å². The zero-order chi connectivity index (χ0) is 19.0. The van der Waals surface area contributed by atoms with Gasteiger partial charge in [-0.1, -0.05) is 51.4 Å². The summed E-state index contributed by atoms with van der Waals surface area (Å²) in [5, 5.41) is 6.22. The molecular weight excluding hydrogens is 338 g/mol. The Morgan fingerprint density at radius 3 is 2.16 bits per heavy atom. The average molecular weight is 368 g/mol. The second-order valence-corrected chi connectivity index (χ2v) is 7.20. The van der Waals surface area contributed by atoms with Gasteiger partial charge < -0.3 is 16.4 Å². The summed E-state index contributed by atoms with van der Waals surface area (Å²) in [5.74, 6) is -0.495. The number of nitrogens with one attached hydrogen (secondary N) is 2. The van der Waals surface area contributed by atoms with Gasteiger partial charge in [0.1, 0.15) is 0 Å². The third kappa shape index (κ3) is 6.01. The summed E-state index contributed by atoms with van der Waals surface area (Å²) in [6.45, 7) is 8.39. The molecule has 0 aliphatic carbocycles. The van der Waals surface area contributed by atoms with Gasteiger partial charge in [0.05, 0.1) is 12.6 Å². The van der Waals surface area contributed by atoms with E-state index in [9.17, 15) is 9.59 Å². The van der Waals surface area contributed by atoms with E-state index >= 15 is 0 Å². The quantitative estimate of drug-likeness (QED) is 0.627. The lowest BCUT2D eigenvalue weighted by atomic mass is 9.76. The number of hydrogen-bond acceptors (Lipinski definition) is 3. The molecule has 0 heterocycles. The van der Waals surface area contributed by atoms with Gasteiger partial charge in [-0.15, -0.1) is 0 Å². The molecule has 25 heavy (non-hydrogen) atoms. The van der Waals surface area contributed by atoms with E-state index in [1.54, 1.807) is 0 Å². The topological polar surface area (TPSA) is 84.2 Å². The molecule has 1 aromatic carbocycles. The Labute approximate surface area is 155 Å². The number of carbonyl (C=O) groups excluding carboxylic acids is 2. The highest BCUT2D eigenvalue weighted by molar-refractivity contribution is 6.30. The number of amides is 2. The Hall–Kier alpha value is -1.59. The molecule has 5 nitrogen and oxygen atoms in total. The van der Waals surface area contributed by atoms with E-state index in [0.29, 0.717) is 11.6 Å².